The number of aryl methyl sites for hydroxylation is 4. The van der Waals surface area contributed by atoms with Crippen molar-refractivity contribution in [3.63, 3.8) is 0 Å². The lowest BCUT2D eigenvalue weighted by Gasteiger charge is -2.22. The van der Waals surface area contributed by atoms with Crippen molar-refractivity contribution in [1.29, 1.82) is 0 Å². The Bertz CT molecular complexity index is 957. The number of carboxylic acids is 1. The van der Waals surface area contributed by atoms with Crippen LogP contribution in [0.5, 0.6) is 0 Å². The minimum atomic E-state index is -5.08. The second-order valence-corrected chi connectivity index (χ2v) is 7.89. The molecule has 2 aromatic rings. The maximum absolute atomic E-state index is 10.6. The van der Waals surface area contributed by atoms with Gasteiger partial charge in [0.1, 0.15) is 5.82 Å². The third-order valence-electron chi connectivity index (χ3n) is 5.18. The summed E-state index contributed by atoms with van der Waals surface area (Å²) in [6.07, 6.45) is -3.71. The van der Waals surface area contributed by atoms with Gasteiger partial charge in [-0.15, -0.1) is 0 Å². The molecule has 1 aliphatic rings. The number of hydrogen-bond donors (Lipinski definition) is 3. The Morgan fingerprint density at radius 3 is 2.25 bits per heavy atom. The van der Waals surface area contributed by atoms with Crippen molar-refractivity contribution in [2.24, 2.45) is 0 Å². The zero-order valence-electron chi connectivity index (χ0n) is 18.8. The highest BCUT2D eigenvalue weighted by molar-refractivity contribution is 5.73. The Balaban J connectivity index is 0.000000451. The number of halogens is 3. The van der Waals surface area contributed by atoms with Crippen LogP contribution in [-0.4, -0.2) is 51.5 Å². The van der Waals surface area contributed by atoms with Gasteiger partial charge < -0.3 is 20.4 Å². The Labute approximate surface area is 185 Å². The van der Waals surface area contributed by atoms with Crippen molar-refractivity contribution >= 4 is 23.4 Å². The molecule has 1 aromatic heterocycles. The molecule has 10 heteroatoms. The van der Waals surface area contributed by atoms with E-state index in [1.165, 1.54) is 22.3 Å². The van der Waals surface area contributed by atoms with Gasteiger partial charge in [-0.25, -0.2) is 9.78 Å². The number of nitrogens with zero attached hydrogens (tertiary/aromatic N) is 3. The summed E-state index contributed by atoms with van der Waals surface area (Å²) in [5.41, 5.74) is 6.93. The highest BCUT2D eigenvalue weighted by atomic mass is 19.4. The summed E-state index contributed by atoms with van der Waals surface area (Å²) in [7, 11) is 0. The number of rotatable bonds is 5. The molecular weight excluding hydrogens is 425 g/mol. The molecule has 0 fully saturated rings. The molecule has 3 N–H and O–H groups in total. The minimum Gasteiger partial charge on any atom is -0.475 e. The first-order valence-corrected chi connectivity index (χ1v) is 10.3. The third kappa shape index (κ3) is 6.32. The second-order valence-electron chi connectivity index (χ2n) is 7.89. The minimum absolute atomic E-state index is 0.320. The Morgan fingerprint density at radius 1 is 1.19 bits per heavy atom. The van der Waals surface area contributed by atoms with Gasteiger partial charge in [0.15, 0.2) is 0 Å². The molecular formula is C22H29F3N4O3. The lowest BCUT2D eigenvalue weighted by atomic mass is 10.1. The van der Waals surface area contributed by atoms with Crippen molar-refractivity contribution in [2.45, 2.75) is 59.7 Å². The van der Waals surface area contributed by atoms with Crippen LogP contribution in [0.3, 0.4) is 0 Å². The quantitative estimate of drug-likeness (QED) is 0.622. The van der Waals surface area contributed by atoms with Crippen LogP contribution in [0.15, 0.2) is 12.1 Å². The molecule has 3 rings (SSSR count). The lowest BCUT2D eigenvalue weighted by molar-refractivity contribution is -0.192. The van der Waals surface area contributed by atoms with Crippen molar-refractivity contribution in [3.05, 3.63) is 40.1 Å². The number of aliphatic hydroxyl groups excluding tert-OH is 1. The summed E-state index contributed by atoms with van der Waals surface area (Å²) >= 11 is 0. The van der Waals surface area contributed by atoms with Crippen LogP contribution in [0.4, 0.5) is 30.6 Å². The molecule has 1 atom stereocenters. The lowest BCUT2D eigenvalue weighted by Crippen LogP contribution is -2.31. The van der Waals surface area contributed by atoms with E-state index in [0.29, 0.717) is 12.5 Å². The number of aromatic nitrogens is 2. The third-order valence-corrected chi connectivity index (χ3v) is 5.18. The van der Waals surface area contributed by atoms with Gasteiger partial charge in [-0.3, -0.25) is 0 Å². The molecule has 1 aliphatic heterocycles. The number of β-amino-alcohol motifs (C(OH)–C–C–N with tert-alkyl or cyclic N) is 1. The van der Waals surface area contributed by atoms with Crippen LogP contribution in [0.25, 0.3) is 0 Å². The number of hydrogen-bond acceptors (Lipinski definition) is 6. The zero-order chi connectivity index (χ0) is 24.2. The standard InChI is InChI=1S/C20H28N4O.C2HF3O2/c1-6-16(25)11-24-8-7-17-15(5)21-20(23-19(17)24)22-18-13(3)9-12(2)10-14(18)4;3-2(4,5)1(6)7/h9-10,16,25H,6-8,11H2,1-5H3,(H,21,22,23);(H,6,7). The Morgan fingerprint density at radius 2 is 1.75 bits per heavy atom. The van der Waals surface area contributed by atoms with Crippen LogP contribution in [-0.2, 0) is 11.2 Å². The number of carboxylic acid groups (broad SMARTS) is 1. The number of aliphatic hydroxyl groups is 1. The number of alkyl halides is 3. The van der Waals surface area contributed by atoms with Gasteiger partial charge in [-0.05, 0) is 51.7 Å². The molecule has 0 bridgehead atoms. The van der Waals surface area contributed by atoms with E-state index in [0.717, 1.165) is 36.6 Å². The fraction of sp³-hybridized carbons (Fsp3) is 0.500. The molecule has 32 heavy (non-hydrogen) atoms. The van der Waals surface area contributed by atoms with Gasteiger partial charge in [0, 0.05) is 30.0 Å². The van der Waals surface area contributed by atoms with Crippen LogP contribution in [0.2, 0.25) is 0 Å². The number of carbonyl (C=O) groups is 1. The Hall–Kier alpha value is -2.88. The number of aliphatic carboxylic acids is 1. The Kier molecular flexibility index (Phi) is 8.06. The van der Waals surface area contributed by atoms with E-state index in [1.807, 2.05) is 13.8 Å². The summed E-state index contributed by atoms with van der Waals surface area (Å²) in [5, 5.41) is 20.6. The number of fused-ring (bicyclic) bond motifs is 1. The molecule has 176 valence electrons. The molecule has 7 nitrogen and oxygen atoms in total. The predicted molar refractivity (Wildman–Crippen MR) is 117 cm³/mol. The van der Waals surface area contributed by atoms with E-state index in [4.69, 9.17) is 14.9 Å². The topological polar surface area (TPSA) is 98.6 Å². The van der Waals surface area contributed by atoms with Gasteiger partial charge in [-0.2, -0.15) is 18.2 Å². The largest absolute Gasteiger partial charge is 0.490 e. The molecule has 0 amide bonds. The van der Waals surface area contributed by atoms with Crippen LogP contribution >= 0.6 is 0 Å². The van der Waals surface area contributed by atoms with E-state index in [9.17, 15) is 18.3 Å². The smallest absolute Gasteiger partial charge is 0.475 e. The highest BCUT2D eigenvalue weighted by Crippen LogP contribution is 2.31. The predicted octanol–water partition coefficient (Wildman–Crippen LogP) is 4.22. The van der Waals surface area contributed by atoms with Gasteiger partial charge in [0.05, 0.1) is 6.10 Å². The zero-order valence-corrected chi connectivity index (χ0v) is 18.8. The monoisotopic (exact) mass is 454 g/mol. The molecule has 0 aliphatic carbocycles. The van der Waals surface area contributed by atoms with Crippen LogP contribution in [0.1, 0.15) is 41.3 Å². The van der Waals surface area contributed by atoms with E-state index in [1.54, 1.807) is 0 Å². The first-order chi connectivity index (χ1) is 14.8. The summed E-state index contributed by atoms with van der Waals surface area (Å²) in [6, 6.07) is 4.33. The van der Waals surface area contributed by atoms with Crippen molar-refractivity contribution < 1.29 is 28.2 Å². The molecule has 0 saturated heterocycles. The summed E-state index contributed by atoms with van der Waals surface area (Å²) < 4.78 is 31.7. The first-order valence-electron chi connectivity index (χ1n) is 10.3. The first kappa shape index (κ1) is 25.4. The van der Waals surface area contributed by atoms with E-state index in [2.05, 4.69) is 48.1 Å². The summed E-state index contributed by atoms with van der Waals surface area (Å²) in [6.45, 7) is 11.9. The van der Waals surface area contributed by atoms with Gasteiger partial charge in [0.25, 0.3) is 0 Å². The van der Waals surface area contributed by atoms with Crippen LogP contribution in [0, 0.1) is 27.7 Å². The normalized spacial score (nSPS) is 13.8. The molecule has 0 saturated carbocycles. The average molecular weight is 454 g/mol. The average Bonchev–Trinajstić information content (AvgIpc) is 3.07. The number of nitrogens with one attached hydrogen (secondary N) is 1. The van der Waals surface area contributed by atoms with Gasteiger partial charge >= 0.3 is 12.1 Å². The fourth-order valence-electron chi connectivity index (χ4n) is 3.59. The van der Waals surface area contributed by atoms with Crippen molar-refractivity contribution in [1.82, 2.24) is 9.97 Å². The van der Waals surface area contributed by atoms with E-state index < -0.39 is 12.1 Å². The second kappa shape index (κ2) is 10.2. The molecule has 0 spiro atoms. The molecule has 2 heterocycles. The highest BCUT2D eigenvalue weighted by Gasteiger charge is 2.38. The van der Waals surface area contributed by atoms with Gasteiger partial charge in [-0.1, -0.05) is 24.6 Å². The maximum atomic E-state index is 10.6. The van der Waals surface area contributed by atoms with Gasteiger partial charge in [0.2, 0.25) is 5.95 Å². The van der Waals surface area contributed by atoms with Crippen LogP contribution < -0.4 is 10.2 Å². The fourth-order valence-corrected chi connectivity index (χ4v) is 3.59. The molecule has 1 aromatic carbocycles. The maximum Gasteiger partial charge on any atom is 0.490 e. The number of anilines is 3. The SMILES string of the molecule is CCC(O)CN1CCc2c(C)nc(Nc3c(C)cc(C)cc3C)nc21.O=C(O)C(F)(F)F. The molecule has 0 radical (unpaired) electrons. The van der Waals surface area contributed by atoms with E-state index in [-0.39, 0.29) is 6.10 Å². The number of benzene rings is 1. The van der Waals surface area contributed by atoms with E-state index >= 15 is 0 Å². The van der Waals surface area contributed by atoms with Crippen molar-refractivity contribution in [3.8, 4) is 0 Å². The van der Waals surface area contributed by atoms with Crippen molar-refractivity contribution in [2.75, 3.05) is 23.3 Å². The molecule has 1 unspecified atom stereocenters. The summed E-state index contributed by atoms with van der Waals surface area (Å²) in [5.74, 6) is -1.17. The summed E-state index contributed by atoms with van der Waals surface area (Å²) in [4.78, 5) is 20.5.